The summed E-state index contributed by atoms with van der Waals surface area (Å²) >= 11 is 0. The molecule has 1 aromatic carbocycles. The number of methoxy groups -OCH3 is 1. The first-order chi connectivity index (χ1) is 9.90. The number of hydrogen-bond acceptors (Lipinski definition) is 3. The van der Waals surface area contributed by atoms with Gasteiger partial charge in [0.2, 0.25) is 8.32 Å². The summed E-state index contributed by atoms with van der Waals surface area (Å²) in [7, 11) is -0.352. The van der Waals surface area contributed by atoms with Gasteiger partial charge in [-0.15, -0.1) is 0 Å². The Morgan fingerprint density at radius 1 is 1.38 bits per heavy atom. The first-order valence-corrected chi connectivity index (χ1v) is 10.8. The molecule has 0 heterocycles. The van der Waals surface area contributed by atoms with Crippen LogP contribution in [0.4, 0.5) is 0 Å². The van der Waals surface area contributed by atoms with Crippen molar-refractivity contribution in [2.24, 2.45) is 5.92 Å². The molecule has 0 aromatic heterocycles. The summed E-state index contributed by atoms with van der Waals surface area (Å²) in [5, 5.41) is 0. The Kier molecular flexibility index (Phi) is 4.76. The van der Waals surface area contributed by atoms with E-state index < -0.39 is 8.32 Å². The van der Waals surface area contributed by atoms with Crippen molar-refractivity contribution in [2.75, 3.05) is 7.11 Å². The molecule has 2 unspecified atom stereocenters. The molecule has 3 nitrogen and oxygen atoms in total. The summed E-state index contributed by atoms with van der Waals surface area (Å²) < 4.78 is 11.2. The smallest absolute Gasteiger partial charge is 0.338 e. The van der Waals surface area contributed by atoms with E-state index in [2.05, 4.69) is 20.0 Å². The molecule has 0 radical (unpaired) electrons. The molecule has 1 aliphatic rings. The molecule has 0 aliphatic heterocycles. The number of ether oxygens (including phenoxy) is 1. The second-order valence-corrected chi connectivity index (χ2v) is 10.7. The van der Waals surface area contributed by atoms with E-state index in [1.54, 1.807) is 6.07 Å². The van der Waals surface area contributed by atoms with E-state index >= 15 is 0 Å². The average molecular weight is 306 g/mol. The van der Waals surface area contributed by atoms with Gasteiger partial charge in [0.1, 0.15) is 5.75 Å². The summed E-state index contributed by atoms with van der Waals surface area (Å²) in [5.74, 6) is 1.39. The molecule has 0 N–H and O–H groups in total. The number of benzene rings is 1. The number of hydrogen-bond donors (Lipinski definition) is 0. The summed E-state index contributed by atoms with van der Waals surface area (Å²) in [5.41, 5.74) is 2.23. The van der Waals surface area contributed by atoms with Gasteiger partial charge in [0.25, 0.3) is 0 Å². The summed E-state index contributed by atoms with van der Waals surface area (Å²) in [6.45, 7) is 8.76. The van der Waals surface area contributed by atoms with Crippen molar-refractivity contribution in [1.82, 2.24) is 0 Å². The van der Waals surface area contributed by atoms with E-state index in [-0.39, 0.29) is 5.97 Å². The molecule has 0 spiro atoms. The van der Waals surface area contributed by atoms with Crippen LogP contribution in [0.5, 0.6) is 5.75 Å². The maximum Gasteiger partial charge on any atom is 0.338 e. The van der Waals surface area contributed by atoms with Gasteiger partial charge in [-0.2, -0.15) is 0 Å². The molecule has 1 saturated carbocycles. The highest BCUT2D eigenvalue weighted by Gasteiger charge is 2.51. The lowest BCUT2D eigenvalue weighted by atomic mass is 10.1. The molecule has 1 aromatic rings. The molecular weight excluding hydrogens is 280 g/mol. The molecule has 1 fully saturated rings. The van der Waals surface area contributed by atoms with E-state index in [0.717, 1.165) is 22.8 Å². The molecule has 0 amide bonds. The highest BCUT2D eigenvalue weighted by atomic mass is 28.4. The fraction of sp³-hybridized carbons (Fsp3) is 0.588. The third kappa shape index (κ3) is 3.49. The van der Waals surface area contributed by atoms with Crippen molar-refractivity contribution in [3.63, 3.8) is 0 Å². The van der Waals surface area contributed by atoms with Crippen LogP contribution >= 0.6 is 0 Å². The van der Waals surface area contributed by atoms with Crippen molar-refractivity contribution < 1.29 is 14.0 Å². The normalized spacial score (nSPS) is 21.0. The van der Waals surface area contributed by atoms with Crippen molar-refractivity contribution in [1.29, 1.82) is 0 Å². The lowest BCUT2D eigenvalue weighted by Crippen LogP contribution is -2.35. The van der Waals surface area contributed by atoms with Gasteiger partial charge in [0, 0.05) is 5.56 Å². The van der Waals surface area contributed by atoms with Gasteiger partial charge in [-0.1, -0.05) is 25.8 Å². The lowest BCUT2D eigenvalue weighted by molar-refractivity contribution is 0.0599. The Labute approximate surface area is 128 Å². The van der Waals surface area contributed by atoms with Gasteiger partial charge >= 0.3 is 5.97 Å². The Morgan fingerprint density at radius 2 is 2.10 bits per heavy atom. The van der Waals surface area contributed by atoms with Crippen LogP contribution in [-0.4, -0.2) is 21.4 Å². The Balaban J connectivity index is 2.14. The Bertz CT molecular complexity index is 525. The Hall–Kier alpha value is -1.29. The van der Waals surface area contributed by atoms with Crippen LogP contribution in [0, 0.1) is 12.8 Å². The predicted octanol–water partition coefficient (Wildman–Crippen LogP) is 4.56. The van der Waals surface area contributed by atoms with Crippen LogP contribution in [0.1, 0.15) is 42.1 Å². The van der Waals surface area contributed by atoms with E-state index in [4.69, 9.17) is 9.16 Å². The van der Waals surface area contributed by atoms with Gasteiger partial charge in [-0.25, -0.2) is 4.79 Å². The van der Waals surface area contributed by atoms with Crippen molar-refractivity contribution in [3.05, 3.63) is 29.3 Å². The third-order valence-corrected chi connectivity index (χ3v) is 7.78. The third-order valence-electron chi connectivity index (χ3n) is 4.54. The maximum absolute atomic E-state index is 11.8. The van der Waals surface area contributed by atoms with E-state index in [1.807, 2.05) is 19.1 Å². The van der Waals surface area contributed by atoms with Crippen LogP contribution in [0.15, 0.2) is 18.2 Å². The van der Waals surface area contributed by atoms with Crippen molar-refractivity contribution in [2.45, 2.75) is 51.7 Å². The molecule has 2 rings (SSSR count). The van der Waals surface area contributed by atoms with Gasteiger partial charge in [0.05, 0.1) is 12.7 Å². The van der Waals surface area contributed by atoms with Gasteiger partial charge < -0.3 is 9.16 Å². The van der Waals surface area contributed by atoms with Gasteiger partial charge in [-0.05, 0) is 50.0 Å². The van der Waals surface area contributed by atoms with Gasteiger partial charge in [-0.3, -0.25) is 0 Å². The second kappa shape index (κ2) is 6.22. The van der Waals surface area contributed by atoms with Crippen LogP contribution in [-0.2, 0) is 4.74 Å². The zero-order chi connectivity index (χ0) is 15.6. The highest BCUT2D eigenvalue weighted by Crippen LogP contribution is 2.54. The fourth-order valence-corrected chi connectivity index (χ4v) is 6.32. The molecule has 1 aliphatic carbocycles. The minimum absolute atomic E-state index is 0.298. The first kappa shape index (κ1) is 16.1. The van der Waals surface area contributed by atoms with Crippen LogP contribution in [0.25, 0.3) is 0 Å². The van der Waals surface area contributed by atoms with Gasteiger partial charge in [0.15, 0.2) is 0 Å². The lowest BCUT2D eigenvalue weighted by Gasteiger charge is -2.26. The van der Waals surface area contributed by atoms with Crippen LogP contribution in [0.2, 0.25) is 18.6 Å². The maximum atomic E-state index is 11.8. The summed E-state index contributed by atoms with van der Waals surface area (Å²) in [6, 6.07) is 5.63. The van der Waals surface area contributed by atoms with E-state index in [9.17, 15) is 4.79 Å². The van der Waals surface area contributed by atoms with Crippen LogP contribution < -0.4 is 4.43 Å². The zero-order valence-electron chi connectivity index (χ0n) is 13.7. The van der Waals surface area contributed by atoms with Crippen LogP contribution in [0.3, 0.4) is 0 Å². The topological polar surface area (TPSA) is 35.5 Å². The molecule has 4 heteroatoms. The largest absolute Gasteiger partial charge is 0.544 e. The summed E-state index contributed by atoms with van der Waals surface area (Å²) in [4.78, 5) is 11.8. The predicted molar refractivity (Wildman–Crippen MR) is 87.4 cm³/mol. The summed E-state index contributed by atoms with van der Waals surface area (Å²) in [6.07, 6.45) is 3.87. The molecule has 21 heavy (non-hydrogen) atoms. The standard InChI is InChI=1S/C17H26O3Si/c1-6-8-13-11-16(13)21(4,5)20-15-10-7-9-14(12(15)2)17(18)19-3/h7,9-10,13,16H,6,8,11H2,1-5H3. The molecule has 0 saturated heterocycles. The molecule has 116 valence electrons. The number of carbonyl (C=O) groups is 1. The monoisotopic (exact) mass is 306 g/mol. The minimum atomic E-state index is -1.76. The van der Waals surface area contributed by atoms with Crippen molar-refractivity contribution in [3.8, 4) is 5.75 Å². The quantitative estimate of drug-likeness (QED) is 0.571. The SMILES string of the molecule is CCCC1CC1[Si](C)(C)Oc1cccc(C(=O)OC)c1C. The Morgan fingerprint density at radius 3 is 2.71 bits per heavy atom. The van der Waals surface area contributed by atoms with E-state index in [0.29, 0.717) is 5.56 Å². The molecule has 0 bridgehead atoms. The van der Waals surface area contributed by atoms with Crippen molar-refractivity contribution >= 4 is 14.3 Å². The highest BCUT2D eigenvalue weighted by molar-refractivity contribution is 6.74. The number of esters is 1. The number of rotatable bonds is 6. The fourth-order valence-electron chi connectivity index (χ4n) is 3.20. The zero-order valence-corrected chi connectivity index (χ0v) is 14.7. The second-order valence-electron chi connectivity index (χ2n) is 6.52. The first-order valence-electron chi connectivity index (χ1n) is 7.77. The molecule has 2 atom stereocenters. The number of carbonyl (C=O) groups excluding carboxylic acids is 1. The minimum Gasteiger partial charge on any atom is -0.544 e. The van der Waals surface area contributed by atoms with E-state index in [1.165, 1.54) is 26.4 Å². The molecular formula is C17H26O3Si. The average Bonchev–Trinajstić information content (AvgIpc) is 3.21.